The summed E-state index contributed by atoms with van der Waals surface area (Å²) >= 11 is 0. The van der Waals surface area contributed by atoms with E-state index in [1.807, 2.05) is 12.3 Å². The lowest BCUT2D eigenvalue weighted by Crippen LogP contribution is -2.21. The summed E-state index contributed by atoms with van der Waals surface area (Å²) in [5.41, 5.74) is 5.04. The van der Waals surface area contributed by atoms with Gasteiger partial charge in [0, 0.05) is 25.2 Å². The summed E-state index contributed by atoms with van der Waals surface area (Å²) < 4.78 is 5.58. The first-order valence-corrected chi connectivity index (χ1v) is 7.67. The number of nitrogens with zero attached hydrogens (tertiary/aromatic N) is 1. The van der Waals surface area contributed by atoms with Crippen LogP contribution in [0.3, 0.4) is 0 Å². The average molecular weight is 282 g/mol. The molecule has 0 aliphatic carbocycles. The lowest BCUT2D eigenvalue weighted by molar-refractivity contribution is 0.356. The van der Waals surface area contributed by atoms with Gasteiger partial charge in [0.25, 0.3) is 0 Å². The Labute approximate surface area is 126 Å². The first-order chi connectivity index (χ1) is 10.3. The van der Waals surface area contributed by atoms with Crippen molar-refractivity contribution in [1.29, 1.82) is 0 Å². The molecule has 2 heterocycles. The fourth-order valence-corrected chi connectivity index (χ4v) is 2.84. The third-order valence-electron chi connectivity index (χ3n) is 4.16. The largest absolute Gasteiger partial charge is 0.493 e. The van der Waals surface area contributed by atoms with Gasteiger partial charge in [-0.05, 0) is 42.2 Å². The monoisotopic (exact) mass is 282 g/mol. The number of aromatic nitrogens is 1. The van der Waals surface area contributed by atoms with Crippen molar-refractivity contribution in [3.05, 3.63) is 58.9 Å². The Morgan fingerprint density at radius 3 is 3.05 bits per heavy atom. The molecular weight excluding hydrogens is 260 g/mol. The summed E-state index contributed by atoms with van der Waals surface area (Å²) in [6.45, 7) is 5.94. The molecule has 3 nitrogen and oxygen atoms in total. The van der Waals surface area contributed by atoms with Crippen LogP contribution in [0, 0.1) is 6.92 Å². The van der Waals surface area contributed by atoms with E-state index in [4.69, 9.17) is 4.74 Å². The van der Waals surface area contributed by atoms with Crippen LogP contribution in [0.25, 0.3) is 0 Å². The molecule has 0 saturated heterocycles. The predicted molar refractivity (Wildman–Crippen MR) is 84.5 cm³/mol. The highest BCUT2D eigenvalue weighted by molar-refractivity contribution is 5.40. The summed E-state index contributed by atoms with van der Waals surface area (Å²) in [5, 5.41) is 3.63. The number of pyridine rings is 1. The fraction of sp³-hybridized carbons (Fsp3) is 0.389. The molecule has 2 aromatic rings. The van der Waals surface area contributed by atoms with Crippen molar-refractivity contribution in [3.8, 4) is 5.75 Å². The number of rotatable bonds is 5. The third kappa shape index (κ3) is 3.08. The van der Waals surface area contributed by atoms with Crippen LogP contribution in [0.15, 0.2) is 36.5 Å². The van der Waals surface area contributed by atoms with Crippen molar-refractivity contribution in [3.63, 3.8) is 0 Å². The molecule has 1 aliphatic heterocycles. The Kier molecular flexibility index (Phi) is 4.20. The second kappa shape index (κ2) is 6.27. The summed E-state index contributed by atoms with van der Waals surface area (Å²) in [6, 6.07) is 11.0. The standard InChI is InChI=1S/C18H22N2O/c1-3-16(20-12-17-13(2)5-4-9-19-17)14-6-7-18-15(11-14)8-10-21-18/h4-7,9,11,16,20H,3,8,10,12H2,1-2H3. The van der Waals surface area contributed by atoms with Gasteiger partial charge in [-0.1, -0.05) is 25.1 Å². The number of hydrogen-bond donors (Lipinski definition) is 1. The van der Waals surface area contributed by atoms with Crippen LogP contribution in [-0.2, 0) is 13.0 Å². The number of fused-ring (bicyclic) bond motifs is 1. The van der Waals surface area contributed by atoms with Gasteiger partial charge in [-0.15, -0.1) is 0 Å². The highest BCUT2D eigenvalue weighted by Gasteiger charge is 2.16. The number of aryl methyl sites for hydroxylation is 1. The molecule has 1 aliphatic rings. The van der Waals surface area contributed by atoms with Gasteiger partial charge in [-0.3, -0.25) is 4.98 Å². The smallest absolute Gasteiger partial charge is 0.122 e. The highest BCUT2D eigenvalue weighted by atomic mass is 16.5. The zero-order valence-electron chi connectivity index (χ0n) is 12.7. The van der Waals surface area contributed by atoms with Gasteiger partial charge in [0.15, 0.2) is 0 Å². The maximum absolute atomic E-state index is 5.58. The normalized spacial score (nSPS) is 14.6. The molecule has 0 saturated carbocycles. The molecule has 1 unspecified atom stereocenters. The fourth-order valence-electron chi connectivity index (χ4n) is 2.84. The quantitative estimate of drug-likeness (QED) is 0.910. The number of nitrogens with one attached hydrogen (secondary N) is 1. The summed E-state index contributed by atoms with van der Waals surface area (Å²) in [5.74, 6) is 1.05. The van der Waals surface area contributed by atoms with Gasteiger partial charge in [-0.2, -0.15) is 0 Å². The Morgan fingerprint density at radius 1 is 1.33 bits per heavy atom. The highest BCUT2D eigenvalue weighted by Crippen LogP contribution is 2.29. The minimum Gasteiger partial charge on any atom is -0.493 e. The Bertz CT molecular complexity index is 624. The maximum atomic E-state index is 5.58. The van der Waals surface area contributed by atoms with Gasteiger partial charge < -0.3 is 10.1 Å². The van der Waals surface area contributed by atoms with E-state index < -0.39 is 0 Å². The topological polar surface area (TPSA) is 34.2 Å². The van der Waals surface area contributed by atoms with E-state index in [0.717, 1.165) is 37.4 Å². The Hall–Kier alpha value is -1.87. The SMILES string of the molecule is CCC(NCc1ncccc1C)c1ccc2c(c1)CCO2. The minimum absolute atomic E-state index is 0.359. The first kappa shape index (κ1) is 14.1. The van der Waals surface area contributed by atoms with Gasteiger partial charge in [0.05, 0.1) is 12.3 Å². The molecule has 0 amide bonds. The van der Waals surface area contributed by atoms with Crippen LogP contribution in [0.2, 0.25) is 0 Å². The van der Waals surface area contributed by atoms with Crippen molar-refractivity contribution < 1.29 is 4.74 Å². The Balaban J connectivity index is 1.72. The van der Waals surface area contributed by atoms with E-state index in [1.54, 1.807) is 0 Å². The Morgan fingerprint density at radius 2 is 2.24 bits per heavy atom. The second-order valence-corrected chi connectivity index (χ2v) is 5.57. The van der Waals surface area contributed by atoms with E-state index in [1.165, 1.54) is 16.7 Å². The number of hydrogen-bond acceptors (Lipinski definition) is 3. The van der Waals surface area contributed by atoms with E-state index >= 15 is 0 Å². The van der Waals surface area contributed by atoms with Crippen molar-refractivity contribution in [1.82, 2.24) is 10.3 Å². The first-order valence-electron chi connectivity index (χ1n) is 7.67. The molecule has 110 valence electrons. The zero-order chi connectivity index (χ0) is 14.7. The molecule has 1 N–H and O–H groups in total. The van der Waals surface area contributed by atoms with E-state index in [9.17, 15) is 0 Å². The molecule has 0 radical (unpaired) electrons. The zero-order valence-corrected chi connectivity index (χ0v) is 12.7. The van der Waals surface area contributed by atoms with Crippen LogP contribution < -0.4 is 10.1 Å². The molecule has 21 heavy (non-hydrogen) atoms. The lowest BCUT2D eigenvalue weighted by atomic mass is 10.0. The van der Waals surface area contributed by atoms with E-state index in [0.29, 0.717) is 6.04 Å². The maximum Gasteiger partial charge on any atom is 0.122 e. The van der Waals surface area contributed by atoms with Gasteiger partial charge >= 0.3 is 0 Å². The van der Waals surface area contributed by atoms with Gasteiger partial charge in [0.2, 0.25) is 0 Å². The molecule has 0 spiro atoms. The van der Waals surface area contributed by atoms with Crippen molar-refractivity contribution in [2.75, 3.05) is 6.61 Å². The van der Waals surface area contributed by atoms with Gasteiger partial charge in [-0.25, -0.2) is 0 Å². The molecule has 1 aromatic heterocycles. The minimum atomic E-state index is 0.359. The summed E-state index contributed by atoms with van der Waals surface area (Å²) in [4.78, 5) is 4.45. The van der Waals surface area contributed by atoms with Crippen molar-refractivity contribution >= 4 is 0 Å². The van der Waals surface area contributed by atoms with Crippen LogP contribution in [-0.4, -0.2) is 11.6 Å². The number of benzene rings is 1. The molecule has 1 aromatic carbocycles. The molecular formula is C18H22N2O. The molecule has 1 atom stereocenters. The molecule has 0 bridgehead atoms. The van der Waals surface area contributed by atoms with E-state index in [2.05, 4.69) is 48.4 Å². The molecule has 3 heteroatoms. The van der Waals surface area contributed by atoms with Crippen LogP contribution >= 0.6 is 0 Å². The third-order valence-corrected chi connectivity index (χ3v) is 4.16. The van der Waals surface area contributed by atoms with Gasteiger partial charge in [0.1, 0.15) is 5.75 Å². The van der Waals surface area contributed by atoms with Crippen LogP contribution in [0.1, 0.15) is 41.8 Å². The van der Waals surface area contributed by atoms with Crippen LogP contribution in [0.5, 0.6) is 5.75 Å². The lowest BCUT2D eigenvalue weighted by Gasteiger charge is -2.18. The predicted octanol–water partition coefficient (Wildman–Crippen LogP) is 3.57. The number of ether oxygens (including phenoxy) is 1. The van der Waals surface area contributed by atoms with E-state index in [-0.39, 0.29) is 0 Å². The van der Waals surface area contributed by atoms with Crippen LogP contribution in [0.4, 0.5) is 0 Å². The average Bonchev–Trinajstić information content (AvgIpc) is 2.97. The summed E-state index contributed by atoms with van der Waals surface area (Å²) in [7, 11) is 0. The van der Waals surface area contributed by atoms with Crippen molar-refractivity contribution in [2.24, 2.45) is 0 Å². The molecule has 0 fully saturated rings. The summed E-state index contributed by atoms with van der Waals surface area (Å²) in [6.07, 6.45) is 3.95. The second-order valence-electron chi connectivity index (χ2n) is 5.57. The molecule has 3 rings (SSSR count). The van der Waals surface area contributed by atoms with Crippen molar-refractivity contribution in [2.45, 2.75) is 39.3 Å².